The smallest absolute Gasteiger partial charge is 0.305 e. The third-order valence-electron chi connectivity index (χ3n) is 8.97. The monoisotopic (exact) mass is 636 g/mol. The first kappa shape index (κ1) is 32.7. The van der Waals surface area contributed by atoms with E-state index in [9.17, 15) is 9.90 Å². The van der Waals surface area contributed by atoms with Gasteiger partial charge in [0.1, 0.15) is 0 Å². The first-order chi connectivity index (χ1) is 23.5. The summed E-state index contributed by atoms with van der Waals surface area (Å²) in [5, 5.41) is 10.0. The Morgan fingerprint density at radius 3 is 1.83 bits per heavy atom. The number of carboxylic acids is 1. The van der Waals surface area contributed by atoms with E-state index < -0.39 is 5.97 Å². The third kappa shape index (κ3) is 8.38. The molecule has 1 aliphatic rings. The van der Waals surface area contributed by atoms with E-state index in [1.165, 1.54) is 11.1 Å². The molecule has 244 valence electrons. The van der Waals surface area contributed by atoms with Crippen molar-refractivity contribution < 1.29 is 9.90 Å². The van der Waals surface area contributed by atoms with E-state index in [1.54, 1.807) is 0 Å². The first-order valence-electron chi connectivity index (χ1n) is 16.9. The number of rotatable bonds is 14. The van der Waals surface area contributed by atoms with Crippen LogP contribution in [0.3, 0.4) is 0 Å². The number of hydrogen-bond donors (Lipinski definition) is 1. The Morgan fingerprint density at radius 2 is 1.21 bits per heavy atom. The number of aliphatic carboxylic acids is 1. The van der Waals surface area contributed by atoms with Crippen molar-refractivity contribution in [2.75, 3.05) is 25.0 Å². The lowest BCUT2D eigenvalue weighted by molar-refractivity contribution is -0.137. The van der Waals surface area contributed by atoms with E-state index in [0.717, 1.165) is 79.5 Å². The molecule has 0 bridgehead atoms. The van der Waals surface area contributed by atoms with Gasteiger partial charge in [0.05, 0.1) is 18.2 Å². The van der Waals surface area contributed by atoms with Gasteiger partial charge in [-0.25, -0.2) is 4.99 Å². The fraction of sp³-hybridized carbons (Fsp3) is 0.238. The zero-order chi connectivity index (χ0) is 33.1. The van der Waals surface area contributed by atoms with Crippen molar-refractivity contribution in [3.05, 3.63) is 156 Å². The molecule has 1 heterocycles. The molecule has 6 rings (SSSR count). The molecule has 48 heavy (non-hydrogen) atoms. The molecule has 6 heteroatoms. The highest BCUT2D eigenvalue weighted by molar-refractivity contribution is 6.01. The van der Waals surface area contributed by atoms with Gasteiger partial charge in [-0.3, -0.25) is 9.69 Å². The fourth-order valence-corrected chi connectivity index (χ4v) is 6.55. The highest BCUT2D eigenvalue weighted by Gasteiger charge is 2.34. The molecule has 1 atom stereocenters. The van der Waals surface area contributed by atoms with Crippen LogP contribution < -0.4 is 4.90 Å². The maximum Gasteiger partial charge on any atom is 0.305 e. The van der Waals surface area contributed by atoms with Crippen LogP contribution in [0.4, 0.5) is 11.4 Å². The number of carbonyl (C=O) groups is 1. The van der Waals surface area contributed by atoms with E-state index in [1.807, 2.05) is 42.5 Å². The van der Waals surface area contributed by atoms with Gasteiger partial charge in [0.15, 0.2) is 0 Å². The maximum absolute atomic E-state index is 12.2. The third-order valence-corrected chi connectivity index (χ3v) is 8.97. The van der Waals surface area contributed by atoms with Crippen molar-refractivity contribution in [3.63, 3.8) is 0 Å². The summed E-state index contributed by atoms with van der Waals surface area (Å²) < 4.78 is 0. The molecule has 1 unspecified atom stereocenters. The van der Waals surface area contributed by atoms with Crippen LogP contribution in [0.25, 0.3) is 11.1 Å². The van der Waals surface area contributed by atoms with Crippen molar-refractivity contribution in [3.8, 4) is 11.1 Å². The second kappa shape index (κ2) is 16.1. The molecule has 0 spiro atoms. The summed E-state index contributed by atoms with van der Waals surface area (Å²) >= 11 is 0. The highest BCUT2D eigenvalue weighted by Crippen LogP contribution is 2.40. The molecule has 0 amide bonds. The summed E-state index contributed by atoms with van der Waals surface area (Å²) in [5.74, 6) is -0.0534. The average molecular weight is 637 g/mol. The lowest BCUT2D eigenvalue weighted by atomic mass is 9.97. The Labute approximate surface area is 284 Å². The number of unbranched alkanes of at least 4 members (excludes halogenated alkanes) is 2. The predicted molar refractivity (Wildman–Crippen MR) is 196 cm³/mol. The molecule has 0 aliphatic carbocycles. The van der Waals surface area contributed by atoms with Crippen LogP contribution in [0, 0.1) is 0 Å². The number of hydrogen-bond acceptors (Lipinski definition) is 5. The van der Waals surface area contributed by atoms with Crippen LogP contribution in [0.15, 0.2) is 145 Å². The van der Waals surface area contributed by atoms with E-state index >= 15 is 0 Å². The van der Waals surface area contributed by atoms with Gasteiger partial charge in [-0.1, -0.05) is 128 Å². The number of benzene rings is 5. The maximum atomic E-state index is 12.2. The van der Waals surface area contributed by atoms with Gasteiger partial charge in [-0.05, 0) is 59.8 Å². The summed E-state index contributed by atoms with van der Waals surface area (Å²) in [6.45, 7) is 3.68. The van der Waals surface area contributed by atoms with E-state index in [0.29, 0.717) is 0 Å². The van der Waals surface area contributed by atoms with E-state index in [2.05, 4.69) is 119 Å². The van der Waals surface area contributed by atoms with Crippen molar-refractivity contribution in [2.45, 2.75) is 44.8 Å². The number of para-hydroxylation sites is 1. The van der Waals surface area contributed by atoms with Gasteiger partial charge in [0, 0.05) is 37.9 Å². The molecule has 5 aromatic rings. The van der Waals surface area contributed by atoms with Crippen LogP contribution in [0.5, 0.6) is 0 Å². The van der Waals surface area contributed by atoms with E-state index in [-0.39, 0.29) is 12.5 Å². The Morgan fingerprint density at radius 1 is 0.667 bits per heavy atom. The summed E-state index contributed by atoms with van der Waals surface area (Å²) in [5.41, 5.74) is 7.62. The minimum atomic E-state index is -0.833. The van der Waals surface area contributed by atoms with Gasteiger partial charge in [-0.15, -0.1) is 0 Å². The molecule has 0 saturated heterocycles. The van der Waals surface area contributed by atoms with Crippen LogP contribution in [-0.4, -0.2) is 47.0 Å². The van der Waals surface area contributed by atoms with Gasteiger partial charge < -0.3 is 14.9 Å². The molecular weight excluding hydrogens is 592 g/mol. The molecule has 5 aromatic carbocycles. The normalized spacial score (nSPS) is 14.0. The first-order valence-corrected chi connectivity index (χ1v) is 16.9. The Hall–Kier alpha value is -5.20. The zero-order valence-electron chi connectivity index (χ0n) is 27.7. The highest BCUT2D eigenvalue weighted by atomic mass is 16.4. The minimum Gasteiger partial charge on any atom is -0.481 e. The van der Waals surface area contributed by atoms with Gasteiger partial charge >= 0.3 is 5.97 Å². The molecular formula is C42H44N4O2. The Kier molecular flexibility index (Phi) is 11.0. The lowest BCUT2D eigenvalue weighted by Gasteiger charge is -2.41. The van der Waals surface area contributed by atoms with Crippen LogP contribution in [0.1, 0.15) is 48.4 Å². The summed E-state index contributed by atoms with van der Waals surface area (Å²) in [4.78, 5) is 24.2. The zero-order valence-corrected chi connectivity index (χ0v) is 27.7. The van der Waals surface area contributed by atoms with Crippen LogP contribution >= 0.6 is 0 Å². The van der Waals surface area contributed by atoms with Crippen LogP contribution in [0.2, 0.25) is 0 Å². The number of anilines is 1. The van der Waals surface area contributed by atoms with Crippen molar-refractivity contribution in [1.82, 2.24) is 9.80 Å². The quantitative estimate of drug-likeness (QED) is 0.123. The number of aliphatic imine (C=N–C) groups is 1. The molecule has 0 saturated carbocycles. The van der Waals surface area contributed by atoms with Gasteiger partial charge in [0.25, 0.3) is 0 Å². The fourth-order valence-electron chi connectivity index (χ4n) is 6.55. The Bertz CT molecular complexity index is 1730. The minimum absolute atomic E-state index is 0.0248. The molecule has 1 N–H and O–H groups in total. The summed E-state index contributed by atoms with van der Waals surface area (Å²) in [6, 6.07) is 47.6. The number of carboxylic acid groups (broad SMARTS) is 1. The number of guanidine groups is 1. The van der Waals surface area contributed by atoms with Crippen molar-refractivity contribution >= 4 is 23.3 Å². The molecule has 0 aromatic heterocycles. The predicted octanol–water partition coefficient (Wildman–Crippen LogP) is 9.18. The number of nitrogens with zero attached hydrogens (tertiary/aromatic N) is 4. The van der Waals surface area contributed by atoms with E-state index in [4.69, 9.17) is 4.99 Å². The SMILES string of the molecule is CN(CCCCCN(Cc1ccccc1)Cc1ccccc1)C1=Nc2ccccc2C(CC(=O)O)N1c1ccc(-c2ccccc2)cc1. The van der Waals surface area contributed by atoms with Gasteiger partial charge in [0.2, 0.25) is 5.96 Å². The molecule has 1 aliphatic heterocycles. The topological polar surface area (TPSA) is 59.4 Å². The van der Waals surface area contributed by atoms with Gasteiger partial charge in [-0.2, -0.15) is 0 Å². The lowest BCUT2D eigenvalue weighted by Crippen LogP contribution is -2.47. The molecule has 0 radical (unpaired) electrons. The number of fused-ring (bicyclic) bond motifs is 1. The van der Waals surface area contributed by atoms with Crippen molar-refractivity contribution in [2.24, 2.45) is 4.99 Å². The Balaban J connectivity index is 1.16. The molecule has 6 nitrogen and oxygen atoms in total. The van der Waals surface area contributed by atoms with Crippen molar-refractivity contribution in [1.29, 1.82) is 0 Å². The second-order valence-electron chi connectivity index (χ2n) is 12.5. The average Bonchev–Trinajstić information content (AvgIpc) is 3.12. The summed E-state index contributed by atoms with van der Waals surface area (Å²) in [6.07, 6.45) is 3.16. The standard InChI is InChI=1S/C42H44N4O2/c1-44(28-14-5-15-29-45(31-33-16-6-2-7-17-33)32-34-18-8-3-9-19-34)42-43-39-23-13-12-22-38(39)40(30-41(47)48)46(42)37-26-24-36(25-27-37)35-20-10-4-11-21-35/h2-4,6-13,16-27,40H,5,14-15,28-32H2,1H3,(H,47,48). The van der Waals surface area contributed by atoms with Crippen LogP contribution in [-0.2, 0) is 17.9 Å². The summed E-state index contributed by atoms with van der Waals surface area (Å²) in [7, 11) is 2.08. The largest absolute Gasteiger partial charge is 0.481 e. The molecule has 0 fully saturated rings. The second-order valence-corrected chi connectivity index (χ2v) is 12.5.